The van der Waals surface area contributed by atoms with E-state index in [0.717, 1.165) is 17.3 Å². The van der Waals surface area contributed by atoms with Gasteiger partial charge in [0.05, 0.1) is 20.6 Å². The molecule has 0 bridgehead atoms. The topological polar surface area (TPSA) is 43.1 Å². The Hall–Kier alpha value is -1.35. The van der Waals surface area contributed by atoms with Crippen molar-refractivity contribution >= 4 is 5.91 Å². The molecule has 0 radical (unpaired) electrons. The van der Waals surface area contributed by atoms with Gasteiger partial charge in [0.25, 0.3) is 0 Å². The van der Waals surface area contributed by atoms with Gasteiger partial charge in [-0.05, 0) is 31.2 Å². The molecular formula is C49H95N2O+. The molecular weight excluding hydrogens is 633 g/mol. The van der Waals surface area contributed by atoms with Gasteiger partial charge in [-0.25, -0.2) is 0 Å². The van der Waals surface area contributed by atoms with Crippen LogP contribution in [0.5, 0.6) is 0 Å². The number of unbranched alkanes of at least 4 members (excludes halogenated alkanes) is 27. The van der Waals surface area contributed by atoms with Crippen molar-refractivity contribution < 1.29 is 9.28 Å². The number of hydrogen-bond acceptors (Lipinski definition) is 1. The van der Waals surface area contributed by atoms with Crippen LogP contribution < -0.4 is 5.73 Å². The molecule has 1 amide bonds. The van der Waals surface area contributed by atoms with Gasteiger partial charge in [-0.2, -0.15) is 0 Å². The highest BCUT2D eigenvalue weighted by molar-refractivity contribution is 5.73. The summed E-state index contributed by atoms with van der Waals surface area (Å²) in [5, 5.41) is 0. The number of hydrogen-bond donors (Lipinski definition) is 1. The number of primary amides is 1. The Morgan fingerprint density at radius 1 is 0.500 bits per heavy atom. The lowest BCUT2D eigenvalue weighted by molar-refractivity contribution is -0.951. The van der Waals surface area contributed by atoms with E-state index in [1.165, 1.54) is 199 Å². The van der Waals surface area contributed by atoms with Gasteiger partial charge in [0.1, 0.15) is 5.54 Å². The zero-order valence-corrected chi connectivity index (χ0v) is 36.8. The fourth-order valence-electron chi connectivity index (χ4n) is 8.68. The molecule has 0 spiro atoms. The maximum Gasteiger partial charge on any atom is 0.217 e. The highest BCUT2D eigenvalue weighted by Crippen LogP contribution is 2.41. The van der Waals surface area contributed by atoms with E-state index in [9.17, 15) is 4.79 Å². The second-order valence-electron chi connectivity index (χ2n) is 16.9. The molecule has 1 rings (SSSR count). The van der Waals surface area contributed by atoms with Gasteiger partial charge < -0.3 is 10.2 Å². The van der Waals surface area contributed by atoms with Gasteiger partial charge in [0.2, 0.25) is 5.91 Å². The summed E-state index contributed by atoms with van der Waals surface area (Å²) >= 11 is 0. The van der Waals surface area contributed by atoms with Gasteiger partial charge in [-0.1, -0.05) is 226 Å². The van der Waals surface area contributed by atoms with Crippen molar-refractivity contribution in [2.24, 2.45) is 5.73 Å². The summed E-state index contributed by atoms with van der Waals surface area (Å²) in [6, 6.07) is 9.23. The Labute approximate surface area is 328 Å². The third-order valence-corrected chi connectivity index (χ3v) is 12.3. The van der Waals surface area contributed by atoms with Crippen molar-refractivity contribution in [3.05, 3.63) is 35.4 Å². The van der Waals surface area contributed by atoms with Crippen LogP contribution in [0.2, 0.25) is 0 Å². The van der Waals surface area contributed by atoms with E-state index in [-0.39, 0.29) is 11.4 Å². The Morgan fingerprint density at radius 2 is 0.827 bits per heavy atom. The van der Waals surface area contributed by atoms with Gasteiger partial charge in [-0.15, -0.1) is 0 Å². The van der Waals surface area contributed by atoms with Gasteiger partial charge in [-0.3, -0.25) is 4.79 Å². The van der Waals surface area contributed by atoms with Gasteiger partial charge in [0, 0.05) is 24.8 Å². The van der Waals surface area contributed by atoms with Crippen LogP contribution in [0.25, 0.3) is 0 Å². The highest BCUT2D eigenvalue weighted by Gasteiger charge is 2.44. The summed E-state index contributed by atoms with van der Waals surface area (Å²) in [7, 11) is 4.98. The first-order valence-electron chi connectivity index (χ1n) is 23.5. The van der Waals surface area contributed by atoms with Crippen molar-refractivity contribution in [3.8, 4) is 0 Å². The first-order chi connectivity index (χ1) is 25.3. The summed E-state index contributed by atoms with van der Waals surface area (Å²) in [5.41, 5.74) is 8.49. The molecule has 2 N–H and O–H groups in total. The normalized spacial score (nSPS) is 11.8. The van der Waals surface area contributed by atoms with Crippen LogP contribution in [-0.2, 0) is 16.8 Å². The maximum absolute atomic E-state index is 10.6. The summed E-state index contributed by atoms with van der Waals surface area (Å²) < 4.78 is 1.12. The van der Waals surface area contributed by atoms with Crippen molar-refractivity contribution in [2.45, 2.75) is 252 Å². The molecule has 0 heterocycles. The lowest BCUT2D eigenvalue weighted by Gasteiger charge is -2.49. The minimum Gasteiger partial charge on any atom is -0.370 e. The lowest BCUT2D eigenvalue weighted by atomic mass is 9.78. The van der Waals surface area contributed by atoms with E-state index >= 15 is 0 Å². The fraction of sp³-hybridized carbons (Fsp3) is 0.857. The van der Waals surface area contributed by atoms with E-state index in [1.54, 1.807) is 11.1 Å². The Balaban J connectivity index is 0.00000112. The Kier molecular flexibility index (Phi) is 34.4. The van der Waals surface area contributed by atoms with E-state index in [1.807, 2.05) is 0 Å². The summed E-state index contributed by atoms with van der Waals surface area (Å²) in [6.07, 6.45) is 44.5. The Bertz CT molecular complexity index is 904. The number of nitrogens with two attached hydrogens (primary N) is 1. The number of rotatable bonds is 36. The lowest BCUT2D eigenvalue weighted by Crippen LogP contribution is -2.57. The number of aryl methyl sites for hydroxylation is 1. The van der Waals surface area contributed by atoms with Crippen molar-refractivity contribution in [3.63, 3.8) is 0 Å². The fourth-order valence-corrected chi connectivity index (χ4v) is 8.68. The van der Waals surface area contributed by atoms with E-state index in [4.69, 9.17) is 5.73 Å². The van der Waals surface area contributed by atoms with Crippen LogP contribution in [0.3, 0.4) is 0 Å². The molecule has 3 nitrogen and oxygen atoms in total. The molecule has 306 valence electrons. The predicted molar refractivity (Wildman–Crippen MR) is 234 cm³/mol. The number of amides is 1. The average Bonchev–Trinajstić information content (AvgIpc) is 3.14. The summed E-state index contributed by atoms with van der Waals surface area (Å²) in [4.78, 5) is 10.6. The quantitative estimate of drug-likeness (QED) is 0.0543. The Morgan fingerprint density at radius 3 is 1.15 bits per heavy atom. The van der Waals surface area contributed by atoms with E-state index < -0.39 is 0 Å². The minimum atomic E-state index is -0.153. The van der Waals surface area contributed by atoms with Crippen LogP contribution in [0.15, 0.2) is 24.3 Å². The smallest absolute Gasteiger partial charge is 0.217 e. The van der Waals surface area contributed by atoms with Crippen LogP contribution in [-0.4, -0.2) is 31.0 Å². The number of quaternary nitrogens is 1. The molecule has 0 saturated carbocycles. The maximum atomic E-state index is 10.6. The van der Waals surface area contributed by atoms with Crippen LogP contribution >= 0.6 is 0 Å². The molecule has 0 aliphatic rings. The monoisotopic (exact) mass is 728 g/mol. The number of benzene rings is 1. The molecule has 52 heavy (non-hydrogen) atoms. The molecule has 3 heteroatoms. The van der Waals surface area contributed by atoms with Crippen LogP contribution in [0.1, 0.15) is 251 Å². The average molecular weight is 728 g/mol. The van der Waals surface area contributed by atoms with Gasteiger partial charge >= 0.3 is 0 Å². The standard InChI is InChI=1S/C31H58N.C18H37NO/c1-7-11-12-13-14-15-16-17-18-19-20-21-22-25-28-32(5,6)31(9-3,10-4)30-27-24-23-26-29(30)8-2;1-2-3-4-5-6-7-8-9-10-11-12-13-14-15-16-17-18(19)20/h23-24,26-27H,7-22,25,28H2,1-6H3;2-17H2,1H3,(H2,19,20)/q+1;. The third-order valence-electron chi connectivity index (χ3n) is 12.3. The largest absolute Gasteiger partial charge is 0.370 e. The molecule has 0 saturated heterocycles. The molecule has 0 aliphatic heterocycles. The predicted octanol–water partition coefficient (Wildman–Crippen LogP) is 15.6. The van der Waals surface area contributed by atoms with E-state index in [0.29, 0.717) is 6.42 Å². The van der Waals surface area contributed by atoms with Crippen LogP contribution in [0, 0.1) is 0 Å². The molecule has 1 aromatic rings. The minimum absolute atomic E-state index is 0.153. The summed E-state index contributed by atoms with van der Waals surface area (Å²) in [5.74, 6) is -0.153. The number of carbonyl (C=O) groups excluding carboxylic acids is 1. The first-order valence-corrected chi connectivity index (χ1v) is 23.5. The first kappa shape index (κ1) is 50.6. The molecule has 0 aliphatic carbocycles. The summed E-state index contributed by atoms with van der Waals surface area (Å²) in [6.45, 7) is 13.0. The molecule has 1 aromatic carbocycles. The molecule has 0 fully saturated rings. The SMILES string of the molecule is CCCCCCCCCCCCCCCCCC(N)=O.CCCCCCCCCCCCCCCC[N+](C)(C)C(CC)(CC)c1ccccc1CC. The molecule has 0 unspecified atom stereocenters. The number of carbonyl (C=O) groups is 1. The molecule has 0 aromatic heterocycles. The third kappa shape index (κ3) is 24.9. The van der Waals surface area contributed by atoms with E-state index in [2.05, 4.69) is 73.0 Å². The van der Waals surface area contributed by atoms with Crippen molar-refractivity contribution in [1.29, 1.82) is 0 Å². The number of nitrogens with zero attached hydrogens (tertiary/aromatic N) is 1. The van der Waals surface area contributed by atoms with Crippen molar-refractivity contribution in [1.82, 2.24) is 0 Å². The van der Waals surface area contributed by atoms with Gasteiger partial charge in [0.15, 0.2) is 0 Å². The zero-order valence-electron chi connectivity index (χ0n) is 36.8. The highest BCUT2D eigenvalue weighted by atomic mass is 16.1. The van der Waals surface area contributed by atoms with Crippen molar-refractivity contribution in [2.75, 3.05) is 20.6 Å². The van der Waals surface area contributed by atoms with Crippen LogP contribution in [0.4, 0.5) is 0 Å². The molecule has 0 atom stereocenters. The zero-order chi connectivity index (χ0) is 38.6. The second-order valence-corrected chi connectivity index (χ2v) is 16.9. The second kappa shape index (κ2) is 35.4.